The van der Waals surface area contributed by atoms with Crippen LogP contribution in [0.25, 0.3) is 0 Å². The first-order valence-electron chi connectivity index (χ1n) is 6.00. The number of halogens is 2. The molecule has 0 aliphatic heterocycles. The van der Waals surface area contributed by atoms with Crippen LogP contribution in [0.3, 0.4) is 0 Å². The molecule has 0 fully saturated rings. The topological polar surface area (TPSA) is 57.6 Å². The van der Waals surface area contributed by atoms with Crippen LogP contribution in [-0.4, -0.2) is 24.9 Å². The van der Waals surface area contributed by atoms with Gasteiger partial charge in [-0.3, -0.25) is 0 Å². The number of aromatic hydroxyl groups is 1. The zero-order chi connectivity index (χ0) is 15.6. The van der Waals surface area contributed by atoms with Gasteiger partial charge in [-0.25, -0.2) is 12.8 Å². The van der Waals surface area contributed by atoms with Crippen molar-refractivity contribution in [1.82, 2.24) is 4.31 Å². The van der Waals surface area contributed by atoms with Gasteiger partial charge in [-0.2, -0.15) is 4.31 Å². The number of hydrogen-bond acceptors (Lipinski definition) is 3. The molecule has 0 atom stereocenters. The third-order valence-electron chi connectivity index (χ3n) is 2.92. The molecule has 0 aliphatic rings. The Morgan fingerprint density at radius 1 is 1.19 bits per heavy atom. The van der Waals surface area contributed by atoms with Gasteiger partial charge in [0, 0.05) is 18.1 Å². The van der Waals surface area contributed by atoms with Crippen LogP contribution >= 0.6 is 15.9 Å². The molecule has 4 nitrogen and oxygen atoms in total. The van der Waals surface area contributed by atoms with Crippen molar-refractivity contribution in [2.75, 3.05) is 7.05 Å². The van der Waals surface area contributed by atoms with Crippen molar-refractivity contribution in [3.63, 3.8) is 0 Å². The maximum Gasteiger partial charge on any atom is 0.244 e. The lowest BCUT2D eigenvalue weighted by Crippen LogP contribution is -2.26. The lowest BCUT2D eigenvalue weighted by Gasteiger charge is -2.18. The maximum absolute atomic E-state index is 13.1. The molecule has 2 aromatic rings. The van der Waals surface area contributed by atoms with E-state index in [2.05, 4.69) is 15.9 Å². The van der Waals surface area contributed by atoms with Crippen molar-refractivity contribution >= 4 is 26.0 Å². The molecule has 0 aromatic heterocycles. The Morgan fingerprint density at radius 3 is 2.38 bits per heavy atom. The molecule has 0 saturated carbocycles. The number of benzene rings is 2. The Bertz CT molecular complexity index is 747. The second-order valence-electron chi connectivity index (χ2n) is 4.50. The van der Waals surface area contributed by atoms with Gasteiger partial charge >= 0.3 is 0 Å². The third kappa shape index (κ3) is 3.61. The molecular formula is C14H13BrFNO3S. The lowest BCUT2D eigenvalue weighted by atomic mass is 10.2. The fourth-order valence-corrected chi connectivity index (χ4v) is 3.96. The number of sulfonamides is 1. The van der Waals surface area contributed by atoms with E-state index in [1.807, 2.05) is 0 Å². The van der Waals surface area contributed by atoms with Gasteiger partial charge in [0.05, 0.1) is 4.90 Å². The second-order valence-corrected chi connectivity index (χ2v) is 7.37. The van der Waals surface area contributed by atoms with Crippen LogP contribution in [0.5, 0.6) is 5.75 Å². The van der Waals surface area contributed by atoms with Gasteiger partial charge in [0.2, 0.25) is 10.0 Å². The highest BCUT2D eigenvalue weighted by molar-refractivity contribution is 9.10. The molecular weight excluding hydrogens is 361 g/mol. The van der Waals surface area contributed by atoms with Crippen LogP contribution < -0.4 is 0 Å². The van der Waals surface area contributed by atoms with Gasteiger partial charge in [-0.05, 0) is 51.8 Å². The van der Waals surface area contributed by atoms with Crippen LogP contribution in [0, 0.1) is 5.82 Å². The number of phenolic OH excluding ortho intramolecular Hbond substituents is 1. The first-order valence-corrected chi connectivity index (χ1v) is 8.23. The van der Waals surface area contributed by atoms with Gasteiger partial charge in [-0.15, -0.1) is 0 Å². The van der Waals surface area contributed by atoms with Crippen molar-refractivity contribution in [1.29, 1.82) is 0 Å². The molecule has 0 saturated heterocycles. The molecule has 0 bridgehead atoms. The smallest absolute Gasteiger partial charge is 0.244 e. The predicted octanol–water partition coefficient (Wildman–Crippen LogP) is 3.11. The highest BCUT2D eigenvalue weighted by atomic mass is 79.9. The average Bonchev–Trinajstić information content (AvgIpc) is 2.40. The van der Waals surface area contributed by atoms with Crippen LogP contribution in [0.2, 0.25) is 0 Å². The monoisotopic (exact) mass is 373 g/mol. The van der Waals surface area contributed by atoms with E-state index in [1.54, 1.807) is 12.1 Å². The molecule has 7 heteroatoms. The van der Waals surface area contributed by atoms with Crippen molar-refractivity contribution in [3.05, 3.63) is 58.3 Å². The van der Waals surface area contributed by atoms with Crippen LogP contribution in [0.4, 0.5) is 4.39 Å². The quantitative estimate of drug-likeness (QED) is 0.895. The van der Waals surface area contributed by atoms with Gasteiger partial charge in [-0.1, -0.05) is 12.1 Å². The summed E-state index contributed by atoms with van der Waals surface area (Å²) in [5.74, 6) is -0.396. The summed E-state index contributed by atoms with van der Waals surface area (Å²) in [6, 6.07) is 9.70. The van der Waals surface area contributed by atoms with E-state index in [-0.39, 0.29) is 21.7 Å². The summed E-state index contributed by atoms with van der Waals surface area (Å²) >= 11 is 3.07. The van der Waals surface area contributed by atoms with E-state index in [0.29, 0.717) is 0 Å². The van der Waals surface area contributed by atoms with E-state index >= 15 is 0 Å². The maximum atomic E-state index is 13.1. The standard InChI is InChI=1S/C14H13BrFNO3S/c1-17(9-10-2-5-12(18)6-3-10)21(19,20)14-7-4-11(16)8-13(14)15/h2-8,18H,9H2,1H3. The van der Waals surface area contributed by atoms with E-state index in [4.69, 9.17) is 0 Å². The minimum Gasteiger partial charge on any atom is -0.508 e. The molecule has 2 aromatic carbocycles. The minimum absolute atomic E-state index is 0.00479. The van der Waals surface area contributed by atoms with Crippen LogP contribution in [0.15, 0.2) is 51.8 Å². The third-order valence-corrected chi connectivity index (χ3v) is 5.70. The fraction of sp³-hybridized carbons (Fsp3) is 0.143. The first kappa shape index (κ1) is 15.9. The summed E-state index contributed by atoms with van der Waals surface area (Å²) in [7, 11) is -2.29. The van der Waals surface area contributed by atoms with E-state index < -0.39 is 15.8 Å². The predicted molar refractivity (Wildman–Crippen MR) is 80.9 cm³/mol. The summed E-state index contributed by atoms with van der Waals surface area (Å²) in [5.41, 5.74) is 0.733. The number of hydrogen-bond donors (Lipinski definition) is 1. The molecule has 0 amide bonds. The Morgan fingerprint density at radius 2 is 1.81 bits per heavy atom. The minimum atomic E-state index is -3.74. The summed E-state index contributed by atoms with van der Waals surface area (Å²) in [6.45, 7) is 0.145. The zero-order valence-electron chi connectivity index (χ0n) is 11.1. The van der Waals surface area contributed by atoms with Gasteiger partial charge in [0.1, 0.15) is 11.6 Å². The van der Waals surface area contributed by atoms with Crippen LogP contribution in [-0.2, 0) is 16.6 Å². The zero-order valence-corrected chi connectivity index (χ0v) is 13.5. The molecule has 0 heterocycles. The number of phenols is 1. The fourth-order valence-electron chi connectivity index (χ4n) is 1.80. The van der Waals surface area contributed by atoms with Crippen molar-refractivity contribution < 1.29 is 17.9 Å². The molecule has 2 rings (SSSR count). The van der Waals surface area contributed by atoms with Gasteiger partial charge < -0.3 is 5.11 Å². The molecule has 0 spiro atoms. The van der Waals surface area contributed by atoms with Crippen molar-refractivity contribution in [2.45, 2.75) is 11.4 Å². The Labute approximate surface area is 131 Å². The highest BCUT2D eigenvalue weighted by Gasteiger charge is 2.23. The first-order chi connectivity index (χ1) is 9.80. The van der Waals surface area contributed by atoms with E-state index in [0.717, 1.165) is 22.0 Å². The molecule has 0 unspecified atom stereocenters. The lowest BCUT2D eigenvalue weighted by molar-refractivity contribution is 0.463. The average molecular weight is 374 g/mol. The summed E-state index contributed by atoms with van der Waals surface area (Å²) < 4.78 is 39.3. The van der Waals surface area contributed by atoms with Gasteiger partial charge in [0.25, 0.3) is 0 Å². The van der Waals surface area contributed by atoms with Gasteiger partial charge in [0.15, 0.2) is 0 Å². The van der Waals surface area contributed by atoms with E-state index in [1.165, 1.54) is 25.2 Å². The van der Waals surface area contributed by atoms with Crippen molar-refractivity contribution in [2.24, 2.45) is 0 Å². The Kier molecular flexibility index (Phi) is 4.65. The molecule has 1 N–H and O–H groups in total. The summed E-state index contributed by atoms with van der Waals surface area (Å²) in [6.07, 6.45) is 0. The second kappa shape index (κ2) is 6.13. The van der Waals surface area contributed by atoms with Crippen molar-refractivity contribution in [3.8, 4) is 5.75 Å². The number of nitrogens with zero attached hydrogens (tertiary/aromatic N) is 1. The normalized spacial score (nSPS) is 11.8. The summed E-state index contributed by atoms with van der Waals surface area (Å²) in [4.78, 5) is 0.00479. The molecule has 0 radical (unpaired) electrons. The highest BCUT2D eigenvalue weighted by Crippen LogP contribution is 2.26. The number of rotatable bonds is 4. The molecule has 112 valence electrons. The van der Waals surface area contributed by atoms with Crippen LogP contribution in [0.1, 0.15) is 5.56 Å². The molecule has 21 heavy (non-hydrogen) atoms. The SMILES string of the molecule is CN(Cc1ccc(O)cc1)S(=O)(=O)c1ccc(F)cc1Br. The summed E-state index contributed by atoms with van der Waals surface area (Å²) in [5, 5.41) is 9.22. The van der Waals surface area contributed by atoms with E-state index in [9.17, 15) is 17.9 Å². The Hall–Kier alpha value is -1.44. The Balaban J connectivity index is 2.28. The largest absolute Gasteiger partial charge is 0.508 e. The molecule has 0 aliphatic carbocycles.